The maximum absolute atomic E-state index is 9.08. The zero-order valence-corrected chi connectivity index (χ0v) is 8.78. The van der Waals surface area contributed by atoms with E-state index < -0.39 is 0 Å². The van der Waals surface area contributed by atoms with Crippen molar-refractivity contribution in [2.75, 3.05) is 0 Å². The van der Waals surface area contributed by atoms with Crippen molar-refractivity contribution < 1.29 is 5.11 Å². The van der Waals surface area contributed by atoms with Crippen LogP contribution in [0.2, 0.25) is 5.02 Å². The van der Waals surface area contributed by atoms with Crippen LogP contribution in [0, 0.1) is 0 Å². The van der Waals surface area contributed by atoms with E-state index in [0.717, 1.165) is 0 Å². The topological polar surface area (TPSA) is 46.0 Å². The fourth-order valence-electron chi connectivity index (χ4n) is 0.987. The molecule has 0 saturated heterocycles. The molecule has 2 rings (SSSR count). The highest BCUT2D eigenvalue weighted by atomic mass is 35.5. The average Bonchev–Trinajstić information content (AvgIpc) is 2.21. The molecule has 0 aliphatic heterocycles. The van der Waals surface area contributed by atoms with E-state index in [0.29, 0.717) is 16.1 Å². The van der Waals surface area contributed by atoms with Gasteiger partial charge in [0.1, 0.15) is 11.3 Å². The molecule has 14 heavy (non-hydrogen) atoms. The van der Waals surface area contributed by atoms with Crippen molar-refractivity contribution in [3.05, 3.63) is 29.5 Å². The van der Waals surface area contributed by atoms with Crippen molar-refractivity contribution in [2.24, 2.45) is 0 Å². The Morgan fingerprint density at radius 2 is 2.00 bits per heavy atom. The summed E-state index contributed by atoms with van der Waals surface area (Å²) in [4.78, 5) is 7.93. The van der Waals surface area contributed by atoms with Crippen LogP contribution in [0.4, 0.5) is 0 Å². The third-order valence-electron chi connectivity index (χ3n) is 1.51. The molecule has 2 heterocycles. The second-order valence-corrected chi connectivity index (χ2v) is 2.76. The Morgan fingerprint density at radius 1 is 1.29 bits per heavy atom. The summed E-state index contributed by atoms with van der Waals surface area (Å²) in [5.41, 5.74) is 1.21. The Balaban J connectivity index is 0.000000461. The Bertz CT molecular complexity index is 431. The van der Waals surface area contributed by atoms with E-state index in [9.17, 15) is 0 Å². The monoisotopic (exact) mass is 210 g/mol. The van der Waals surface area contributed by atoms with E-state index in [1.54, 1.807) is 12.3 Å². The second-order valence-electron chi connectivity index (χ2n) is 2.35. The van der Waals surface area contributed by atoms with E-state index >= 15 is 0 Å². The van der Waals surface area contributed by atoms with Gasteiger partial charge in [-0.2, -0.15) is 0 Å². The molecule has 0 saturated carbocycles. The van der Waals surface area contributed by atoms with Gasteiger partial charge in [0.05, 0.1) is 16.7 Å². The van der Waals surface area contributed by atoms with Crippen molar-refractivity contribution in [3.8, 4) is 5.75 Å². The molecule has 0 radical (unpaired) electrons. The first kappa shape index (κ1) is 10.7. The van der Waals surface area contributed by atoms with Crippen LogP contribution in [-0.2, 0) is 0 Å². The van der Waals surface area contributed by atoms with Crippen molar-refractivity contribution in [1.29, 1.82) is 0 Å². The van der Waals surface area contributed by atoms with E-state index in [1.807, 2.05) is 13.8 Å². The molecule has 0 unspecified atom stereocenters. The number of hydrogen-bond acceptors (Lipinski definition) is 3. The van der Waals surface area contributed by atoms with Crippen LogP contribution in [0.15, 0.2) is 24.5 Å². The van der Waals surface area contributed by atoms with Gasteiger partial charge in [0.25, 0.3) is 0 Å². The summed E-state index contributed by atoms with van der Waals surface area (Å²) in [5, 5.41) is 9.62. The maximum Gasteiger partial charge on any atom is 0.136 e. The van der Waals surface area contributed by atoms with Gasteiger partial charge in [-0.1, -0.05) is 25.4 Å². The molecular weight excluding hydrogens is 200 g/mol. The Kier molecular flexibility index (Phi) is 3.65. The zero-order valence-electron chi connectivity index (χ0n) is 8.03. The minimum Gasteiger partial charge on any atom is -0.506 e. The number of pyridine rings is 2. The molecule has 0 fully saturated rings. The quantitative estimate of drug-likeness (QED) is 0.727. The molecule has 0 spiro atoms. The third kappa shape index (κ3) is 2.12. The van der Waals surface area contributed by atoms with Gasteiger partial charge in [-0.25, -0.2) is 4.98 Å². The summed E-state index contributed by atoms with van der Waals surface area (Å²) in [6.07, 6.45) is 2.92. The van der Waals surface area contributed by atoms with Crippen molar-refractivity contribution >= 4 is 22.6 Å². The van der Waals surface area contributed by atoms with Gasteiger partial charge in [-0.3, -0.25) is 4.98 Å². The Morgan fingerprint density at radius 3 is 2.71 bits per heavy atom. The summed E-state index contributed by atoms with van der Waals surface area (Å²) >= 11 is 5.83. The van der Waals surface area contributed by atoms with Crippen LogP contribution in [-0.4, -0.2) is 15.1 Å². The first-order valence-electron chi connectivity index (χ1n) is 4.36. The smallest absolute Gasteiger partial charge is 0.136 e. The lowest BCUT2D eigenvalue weighted by molar-refractivity contribution is 0.473. The van der Waals surface area contributed by atoms with Gasteiger partial charge in [-0.15, -0.1) is 0 Å². The minimum atomic E-state index is 0.0947. The fourth-order valence-corrected chi connectivity index (χ4v) is 1.19. The summed E-state index contributed by atoms with van der Waals surface area (Å²) in [6.45, 7) is 4.00. The summed E-state index contributed by atoms with van der Waals surface area (Å²) in [7, 11) is 0. The van der Waals surface area contributed by atoms with Gasteiger partial charge in [0.15, 0.2) is 0 Å². The highest BCUT2D eigenvalue weighted by Gasteiger charge is 2.00. The first-order valence-corrected chi connectivity index (χ1v) is 4.74. The highest BCUT2D eigenvalue weighted by Crippen LogP contribution is 2.21. The molecule has 0 aliphatic carbocycles. The van der Waals surface area contributed by atoms with Crippen LogP contribution < -0.4 is 0 Å². The van der Waals surface area contributed by atoms with Gasteiger partial charge >= 0.3 is 0 Å². The number of aromatic hydroxyl groups is 1. The maximum atomic E-state index is 9.08. The van der Waals surface area contributed by atoms with Crippen molar-refractivity contribution in [3.63, 3.8) is 0 Å². The SMILES string of the molecule is CC.Oc1cnc2c(Cl)ccnc2c1. The van der Waals surface area contributed by atoms with Crippen LogP contribution in [0.3, 0.4) is 0 Å². The molecule has 3 nitrogen and oxygen atoms in total. The Hall–Kier alpha value is -1.35. The molecule has 0 bridgehead atoms. The molecule has 1 N–H and O–H groups in total. The van der Waals surface area contributed by atoms with Gasteiger partial charge in [0, 0.05) is 12.3 Å². The second kappa shape index (κ2) is 4.77. The van der Waals surface area contributed by atoms with Crippen LogP contribution in [0.25, 0.3) is 11.0 Å². The molecule has 2 aromatic heterocycles. The lowest BCUT2D eigenvalue weighted by Gasteiger charge is -1.97. The lowest BCUT2D eigenvalue weighted by atomic mass is 10.3. The molecule has 2 aromatic rings. The number of hydrogen-bond donors (Lipinski definition) is 1. The van der Waals surface area contributed by atoms with E-state index in [-0.39, 0.29) is 5.75 Å². The molecule has 0 aliphatic rings. The van der Waals surface area contributed by atoms with Crippen molar-refractivity contribution in [1.82, 2.24) is 9.97 Å². The first-order chi connectivity index (χ1) is 6.77. The van der Waals surface area contributed by atoms with E-state index in [2.05, 4.69) is 9.97 Å². The molecular formula is C10H11ClN2O. The molecule has 74 valence electrons. The van der Waals surface area contributed by atoms with Gasteiger partial charge in [-0.05, 0) is 6.07 Å². The Labute approximate surface area is 87.4 Å². The summed E-state index contributed by atoms with van der Waals surface area (Å²) < 4.78 is 0. The third-order valence-corrected chi connectivity index (χ3v) is 1.82. The van der Waals surface area contributed by atoms with E-state index in [1.165, 1.54) is 12.3 Å². The molecule has 0 aromatic carbocycles. The molecule has 0 atom stereocenters. The predicted molar refractivity (Wildman–Crippen MR) is 57.6 cm³/mol. The van der Waals surface area contributed by atoms with Crippen LogP contribution >= 0.6 is 11.6 Å². The number of fused-ring (bicyclic) bond motifs is 1. The molecule has 0 amide bonds. The van der Waals surface area contributed by atoms with E-state index in [4.69, 9.17) is 16.7 Å². The number of aromatic nitrogens is 2. The lowest BCUT2D eigenvalue weighted by Crippen LogP contribution is -1.82. The number of nitrogens with zero attached hydrogens (tertiary/aromatic N) is 2. The number of rotatable bonds is 0. The average molecular weight is 211 g/mol. The summed E-state index contributed by atoms with van der Waals surface area (Å²) in [6, 6.07) is 3.18. The van der Waals surface area contributed by atoms with Crippen molar-refractivity contribution in [2.45, 2.75) is 13.8 Å². The fraction of sp³-hybridized carbons (Fsp3) is 0.200. The largest absolute Gasteiger partial charge is 0.506 e. The highest BCUT2D eigenvalue weighted by molar-refractivity contribution is 6.34. The van der Waals surface area contributed by atoms with Gasteiger partial charge in [0.2, 0.25) is 0 Å². The van der Waals surface area contributed by atoms with Gasteiger partial charge < -0.3 is 5.11 Å². The standard InChI is InChI=1S/C8H5ClN2O.C2H6/c9-6-1-2-10-7-3-5(12)4-11-8(6)7;1-2/h1-4,12H;1-2H3. The minimum absolute atomic E-state index is 0.0947. The normalized spacial score (nSPS) is 9.36. The molecule has 4 heteroatoms. The van der Waals surface area contributed by atoms with Crippen LogP contribution in [0.1, 0.15) is 13.8 Å². The van der Waals surface area contributed by atoms with Crippen LogP contribution in [0.5, 0.6) is 5.75 Å². The zero-order chi connectivity index (χ0) is 10.6. The predicted octanol–water partition coefficient (Wildman–Crippen LogP) is 3.02. The number of halogens is 1. The summed E-state index contributed by atoms with van der Waals surface area (Å²) in [5.74, 6) is 0.0947.